The highest BCUT2D eigenvalue weighted by molar-refractivity contribution is 7.07. The summed E-state index contributed by atoms with van der Waals surface area (Å²) >= 11 is 1.68. The minimum absolute atomic E-state index is 0.210. The second kappa shape index (κ2) is 6.80. The van der Waals surface area contributed by atoms with Crippen molar-refractivity contribution in [1.29, 1.82) is 0 Å². The lowest BCUT2D eigenvalue weighted by Crippen LogP contribution is -2.23. The smallest absolute Gasteiger partial charge is 0.220 e. The van der Waals surface area contributed by atoms with Gasteiger partial charge in [-0.25, -0.2) is 0 Å². The van der Waals surface area contributed by atoms with Gasteiger partial charge in [0, 0.05) is 13.0 Å². The number of hydrogen-bond acceptors (Lipinski definition) is 2. The van der Waals surface area contributed by atoms with E-state index in [0.717, 1.165) is 12.3 Å². The topological polar surface area (TPSA) is 29.1 Å². The summed E-state index contributed by atoms with van der Waals surface area (Å²) in [4.78, 5) is 11.7. The fourth-order valence-electron chi connectivity index (χ4n) is 2.49. The van der Waals surface area contributed by atoms with Crippen molar-refractivity contribution >= 4 is 17.2 Å². The van der Waals surface area contributed by atoms with Crippen molar-refractivity contribution in [3.05, 3.63) is 22.4 Å². The number of amides is 1. The molecular weight excluding hydrogens is 230 g/mol. The van der Waals surface area contributed by atoms with Gasteiger partial charge in [-0.15, -0.1) is 0 Å². The Balaban J connectivity index is 1.60. The van der Waals surface area contributed by atoms with E-state index in [-0.39, 0.29) is 5.91 Å². The van der Waals surface area contributed by atoms with Crippen LogP contribution in [0.3, 0.4) is 0 Å². The van der Waals surface area contributed by atoms with Gasteiger partial charge in [0.15, 0.2) is 0 Å². The first-order valence-corrected chi connectivity index (χ1v) is 7.56. The molecule has 0 aromatic carbocycles. The molecule has 2 rings (SSSR count). The number of carbonyl (C=O) groups excluding carboxylic acids is 1. The van der Waals surface area contributed by atoms with Crippen molar-refractivity contribution < 1.29 is 4.79 Å². The lowest BCUT2D eigenvalue weighted by molar-refractivity contribution is -0.121. The molecule has 1 aromatic heterocycles. The molecule has 0 bridgehead atoms. The van der Waals surface area contributed by atoms with Crippen molar-refractivity contribution in [3.8, 4) is 0 Å². The van der Waals surface area contributed by atoms with E-state index in [1.165, 1.54) is 37.7 Å². The molecule has 0 unspecified atom stereocenters. The van der Waals surface area contributed by atoms with Crippen molar-refractivity contribution in [1.82, 2.24) is 5.32 Å². The number of nitrogens with one attached hydrogen (secondary N) is 1. The second-order valence-electron chi connectivity index (χ2n) is 4.95. The van der Waals surface area contributed by atoms with E-state index in [4.69, 9.17) is 0 Å². The normalized spacial score (nSPS) is 16.9. The molecule has 1 saturated carbocycles. The summed E-state index contributed by atoms with van der Waals surface area (Å²) in [6.45, 7) is 0.687. The Morgan fingerprint density at radius 2 is 2.18 bits per heavy atom. The molecule has 0 aliphatic heterocycles. The molecule has 2 nitrogen and oxygen atoms in total. The maximum absolute atomic E-state index is 11.7. The second-order valence-corrected chi connectivity index (χ2v) is 5.73. The molecule has 0 spiro atoms. The third-order valence-electron chi connectivity index (χ3n) is 3.57. The van der Waals surface area contributed by atoms with Gasteiger partial charge in [0.05, 0.1) is 0 Å². The minimum atomic E-state index is 0.210. The lowest BCUT2D eigenvalue weighted by atomic mass is 9.86. The molecule has 0 atom stereocenters. The van der Waals surface area contributed by atoms with Crippen LogP contribution >= 0.6 is 11.3 Å². The monoisotopic (exact) mass is 251 g/mol. The highest BCUT2D eigenvalue weighted by Crippen LogP contribution is 2.27. The molecule has 1 amide bonds. The maximum atomic E-state index is 11.7. The summed E-state index contributed by atoms with van der Waals surface area (Å²) in [5, 5.41) is 7.12. The molecule has 1 aromatic rings. The van der Waals surface area contributed by atoms with E-state index in [0.29, 0.717) is 13.0 Å². The molecular formula is C14H21NOS. The summed E-state index contributed by atoms with van der Waals surface area (Å²) in [5.74, 6) is 1.01. The molecule has 17 heavy (non-hydrogen) atoms. The van der Waals surface area contributed by atoms with E-state index in [1.54, 1.807) is 11.3 Å². The number of thiophene rings is 1. The summed E-state index contributed by atoms with van der Waals surface area (Å²) in [6.07, 6.45) is 8.56. The fourth-order valence-corrected chi connectivity index (χ4v) is 3.16. The van der Waals surface area contributed by atoms with Crippen molar-refractivity contribution in [2.75, 3.05) is 0 Å². The summed E-state index contributed by atoms with van der Waals surface area (Å²) in [5.41, 5.74) is 1.21. The summed E-state index contributed by atoms with van der Waals surface area (Å²) < 4.78 is 0. The van der Waals surface area contributed by atoms with Gasteiger partial charge >= 0.3 is 0 Å². The van der Waals surface area contributed by atoms with Gasteiger partial charge in [0.2, 0.25) is 5.91 Å². The SMILES string of the molecule is O=C(CCC1CCCCC1)NCc1ccsc1. The molecule has 3 heteroatoms. The summed E-state index contributed by atoms with van der Waals surface area (Å²) in [7, 11) is 0. The van der Waals surface area contributed by atoms with E-state index < -0.39 is 0 Å². The van der Waals surface area contributed by atoms with Gasteiger partial charge in [0.25, 0.3) is 0 Å². The van der Waals surface area contributed by atoms with Gasteiger partial charge < -0.3 is 5.32 Å². The van der Waals surface area contributed by atoms with Crippen LogP contribution in [0.5, 0.6) is 0 Å². The Labute approximate surface area is 107 Å². The zero-order chi connectivity index (χ0) is 11.9. The van der Waals surface area contributed by atoms with E-state index in [9.17, 15) is 4.79 Å². The molecule has 1 aliphatic carbocycles. The van der Waals surface area contributed by atoms with Gasteiger partial charge in [0.1, 0.15) is 0 Å². The Hall–Kier alpha value is -0.830. The Morgan fingerprint density at radius 3 is 2.88 bits per heavy atom. The van der Waals surface area contributed by atoms with Gasteiger partial charge in [-0.05, 0) is 34.7 Å². The lowest BCUT2D eigenvalue weighted by Gasteiger charge is -2.20. The maximum Gasteiger partial charge on any atom is 0.220 e. The van der Waals surface area contributed by atoms with Crippen LogP contribution in [0.25, 0.3) is 0 Å². The van der Waals surface area contributed by atoms with E-state index in [1.807, 2.05) is 5.38 Å². The van der Waals surface area contributed by atoms with Gasteiger partial charge in [-0.2, -0.15) is 11.3 Å². The number of carbonyl (C=O) groups is 1. The molecule has 0 saturated heterocycles. The Morgan fingerprint density at radius 1 is 1.35 bits per heavy atom. The van der Waals surface area contributed by atoms with Crippen LogP contribution in [0.1, 0.15) is 50.5 Å². The van der Waals surface area contributed by atoms with Crippen molar-refractivity contribution in [3.63, 3.8) is 0 Å². The third-order valence-corrected chi connectivity index (χ3v) is 4.31. The van der Waals surface area contributed by atoms with Crippen LogP contribution < -0.4 is 5.32 Å². The molecule has 1 aliphatic rings. The minimum Gasteiger partial charge on any atom is -0.352 e. The Kier molecular flexibility index (Phi) is 5.05. The standard InChI is InChI=1S/C14H21NOS/c16-14(15-10-13-8-9-17-11-13)7-6-12-4-2-1-3-5-12/h8-9,11-12H,1-7,10H2,(H,15,16). The van der Waals surface area contributed by atoms with Crippen LogP contribution in [-0.4, -0.2) is 5.91 Å². The zero-order valence-electron chi connectivity index (χ0n) is 10.3. The quantitative estimate of drug-likeness (QED) is 0.849. The number of hydrogen-bond donors (Lipinski definition) is 1. The van der Waals surface area contributed by atoms with Crippen LogP contribution in [0.4, 0.5) is 0 Å². The van der Waals surface area contributed by atoms with Gasteiger partial charge in [-0.1, -0.05) is 32.1 Å². The highest BCUT2D eigenvalue weighted by atomic mass is 32.1. The zero-order valence-corrected chi connectivity index (χ0v) is 11.1. The first kappa shape index (κ1) is 12.6. The molecule has 0 radical (unpaired) electrons. The highest BCUT2D eigenvalue weighted by Gasteiger charge is 2.14. The predicted octanol–water partition coefficient (Wildman–Crippen LogP) is 3.72. The van der Waals surface area contributed by atoms with Crippen molar-refractivity contribution in [2.24, 2.45) is 5.92 Å². The first-order valence-electron chi connectivity index (χ1n) is 6.62. The van der Waals surface area contributed by atoms with Crippen LogP contribution in [-0.2, 0) is 11.3 Å². The molecule has 1 N–H and O–H groups in total. The molecule has 1 fully saturated rings. The Bertz CT molecular complexity index is 328. The average molecular weight is 251 g/mol. The van der Waals surface area contributed by atoms with E-state index >= 15 is 0 Å². The van der Waals surface area contributed by atoms with Crippen LogP contribution in [0, 0.1) is 5.92 Å². The summed E-state index contributed by atoms with van der Waals surface area (Å²) in [6, 6.07) is 2.06. The van der Waals surface area contributed by atoms with Crippen molar-refractivity contribution in [2.45, 2.75) is 51.5 Å². The average Bonchev–Trinajstić information content (AvgIpc) is 2.88. The van der Waals surface area contributed by atoms with Gasteiger partial charge in [-0.3, -0.25) is 4.79 Å². The fraction of sp³-hybridized carbons (Fsp3) is 0.643. The van der Waals surface area contributed by atoms with Crippen LogP contribution in [0.2, 0.25) is 0 Å². The molecule has 1 heterocycles. The van der Waals surface area contributed by atoms with Crippen LogP contribution in [0.15, 0.2) is 16.8 Å². The van der Waals surface area contributed by atoms with E-state index in [2.05, 4.69) is 16.8 Å². The predicted molar refractivity (Wildman–Crippen MR) is 72.0 cm³/mol. The molecule has 94 valence electrons. The third kappa shape index (κ3) is 4.50. The first-order chi connectivity index (χ1) is 8.34. The number of rotatable bonds is 5. The largest absolute Gasteiger partial charge is 0.352 e.